The largest absolute Gasteiger partial charge is 0.459 e. The Morgan fingerprint density at radius 2 is 1.50 bits per heavy atom. The maximum Gasteiger partial charge on any atom is 0.410 e. The molecule has 1 aliphatic carbocycles. The van der Waals surface area contributed by atoms with Gasteiger partial charge in [-0.15, -0.1) is 0 Å². The van der Waals surface area contributed by atoms with E-state index in [4.69, 9.17) is 9.47 Å². The molecule has 0 fully saturated rings. The molecule has 7 heteroatoms. The van der Waals surface area contributed by atoms with E-state index in [1.54, 1.807) is 20.8 Å². The molecule has 0 aromatic heterocycles. The second-order valence-electron chi connectivity index (χ2n) is 8.55. The van der Waals surface area contributed by atoms with Gasteiger partial charge in [0, 0.05) is 5.92 Å². The van der Waals surface area contributed by atoms with E-state index in [9.17, 15) is 14.4 Å². The molecule has 2 aromatic rings. The number of carbonyl (C=O) groups is 3. The molecule has 1 amide bonds. The van der Waals surface area contributed by atoms with Crippen LogP contribution < -0.4 is 0 Å². The van der Waals surface area contributed by atoms with E-state index in [-0.39, 0.29) is 30.7 Å². The molecule has 0 saturated heterocycles. The van der Waals surface area contributed by atoms with E-state index < -0.39 is 17.7 Å². The third-order valence-electron chi connectivity index (χ3n) is 4.96. The smallest absolute Gasteiger partial charge is 0.410 e. The summed E-state index contributed by atoms with van der Waals surface area (Å²) in [4.78, 5) is 38.5. The molecular weight excluding hydrogens is 426 g/mol. The lowest BCUT2D eigenvalue weighted by Crippen LogP contribution is -2.41. The highest BCUT2D eigenvalue weighted by Gasteiger charge is 2.31. The van der Waals surface area contributed by atoms with Gasteiger partial charge in [0.25, 0.3) is 0 Å². The summed E-state index contributed by atoms with van der Waals surface area (Å²) in [5.74, 6) is -0.0974. The van der Waals surface area contributed by atoms with Crippen molar-refractivity contribution in [3.63, 3.8) is 0 Å². The summed E-state index contributed by atoms with van der Waals surface area (Å²) in [5.41, 5.74) is 3.76. The monoisotopic (exact) mass is 455 g/mol. The Bertz CT molecular complexity index is 952. The molecule has 2 aromatic carbocycles. The van der Waals surface area contributed by atoms with Gasteiger partial charge in [0.05, 0.1) is 6.54 Å². The molecule has 0 unspecified atom stereocenters. The highest BCUT2D eigenvalue weighted by atomic mass is 32.2. The van der Waals surface area contributed by atoms with Gasteiger partial charge in [-0.25, -0.2) is 4.79 Å². The second kappa shape index (κ2) is 10.2. The molecule has 170 valence electrons. The summed E-state index contributed by atoms with van der Waals surface area (Å²) in [6.07, 6.45) is -0.706. The summed E-state index contributed by atoms with van der Waals surface area (Å²) in [5, 5.41) is -0.204. The number of carbonyl (C=O) groups excluding carboxylic acids is 3. The third kappa shape index (κ3) is 5.91. The standard InChI is InChI=1S/C25H29NO5S/c1-5-32-23(28)15-26(14-22(27)31-25(2,3)4)24(29)30-16-21-19-12-8-6-10-17(19)18-11-7-9-13-20(18)21/h6-13,21H,5,14-16H2,1-4H3. The van der Waals surface area contributed by atoms with Crippen molar-refractivity contribution in [1.82, 2.24) is 4.90 Å². The van der Waals surface area contributed by atoms with Gasteiger partial charge in [-0.2, -0.15) is 0 Å². The van der Waals surface area contributed by atoms with Gasteiger partial charge >= 0.3 is 12.1 Å². The van der Waals surface area contributed by atoms with Gasteiger partial charge in [0.15, 0.2) is 0 Å². The summed E-state index contributed by atoms with van der Waals surface area (Å²) in [6, 6.07) is 16.1. The normalized spacial score (nSPS) is 12.6. The Hall–Kier alpha value is -2.80. The number of amides is 1. The van der Waals surface area contributed by atoms with Crippen LogP contribution in [0.4, 0.5) is 4.79 Å². The lowest BCUT2D eigenvalue weighted by Gasteiger charge is -2.25. The number of ether oxygens (including phenoxy) is 2. The Balaban J connectivity index is 1.73. The van der Waals surface area contributed by atoms with Gasteiger partial charge < -0.3 is 9.47 Å². The van der Waals surface area contributed by atoms with Gasteiger partial charge in [-0.05, 0) is 48.8 Å². The quantitative estimate of drug-likeness (QED) is 0.555. The van der Waals surface area contributed by atoms with Crippen LogP contribution in [0.3, 0.4) is 0 Å². The Labute approximate surface area is 193 Å². The van der Waals surface area contributed by atoms with Crippen LogP contribution in [0.15, 0.2) is 48.5 Å². The summed E-state index contributed by atoms with van der Waals surface area (Å²) in [6.45, 7) is 6.67. The number of nitrogens with zero attached hydrogens (tertiary/aromatic N) is 1. The maximum absolute atomic E-state index is 12.9. The minimum absolute atomic E-state index is 0.101. The molecule has 6 nitrogen and oxygen atoms in total. The summed E-state index contributed by atoms with van der Waals surface area (Å²) < 4.78 is 11.0. The highest BCUT2D eigenvalue weighted by molar-refractivity contribution is 8.13. The molecule has 0 atom stereocenters. The van der Waals surface area contributed by atoms with Crippen molar-refractivity contribution >= 4 is 28.9 Å². The molecular formula is C25H29NO5S. The van der Waals surface area contributed by atoms with Crippen LogP contribution in [0.2, 0.25) is 0 Å². The maximum atomic E-state index is 12.9. The number of benzene rings is 2. The average molecular weight is 456 g/mol. The molecule has 0 heterocycles. The molecule has 0 saturated carbocycles. The fourth-order valence-electron chi connectivity index (χ4n) is 3.76. The minimum Gasteiger partial charge on any atom is -0.459 e. The van der Waals surface area contributed by atoms with E-state index in [1.807, 2.05) is 43.3 Å². The van der Waals surface area contributed by atoms with Crippen molar-refractivity contribution in [1.29, 1.82) is 0 Å². The van der Waals surface area contributed by atoms with E-state index in [1.165, 1.54) is 0 Å². The zero-order valence-corrected chi connectivity index (χ0v) is 19.7. The van der Waals surface area contributed by atoms with Gasteiger partial charge in [-0.1, -0.05) is 67.2 Å². The Morgan fingerprint density at radius 3 is 2.03 bits per heavy atom. The number of hydrogen-bond acceptors (Lipinski definition) is 6. The summed E-state index contributed by atoms with van der Waals surface area (Å²) >= 11 is 1.10. The number of hydrogen-bond donors (Lipinski definition) is 0. The molecule has 0 N–H and O–H groups in total. The molecule has 0 bridgehead atoms. The van der Waals surface area contributed by atoms with Gasteiger partial charge in [-0.3, -0.25) is 14.5 Å². The van der Waals surface area contributed by atoms with Crippen LogP contribution in [-0.4, -0.2) is 53.1 Å². The van der Waals surface area contributed by atoms with Crippen molar-refractivity contribution < 1.29 is 23.9 Å². The van der Waals surface area contributed by atoms with Crippen molar-refractivity contribution in [3.8, 4) is 11.1 Å². The number of rotatable bonds is 7. The zero-order chi connectivity index (χ0) is 23.3. The predicted molar refractivity (Wildman–Crippen MR) is 126 cm³/mol. The zero-order valence-electron chi connectivity index (χ0n) is 18.9. The third-order valence-corrected chi connectivity index (χ3v) is 5.70. The van der Waals surface area contributed by atoms with Gasteiger partial charge in [0.2, 0.25) is 5.12 Å². The van der Waals surface area contributed by atoms with Gasteiger partial charge in [0.1, 0.15) is 18.8 Å². The van der Waals surface area contributed by atoms with Crippen LogP contribution in [0.5, 0.6) is 0 Å². The van der Waals surface area contributed by atoms with Crippen molar-refractivity contribution in [2.45, 2.75) is 39.2 Å². The number of fused-ring (bicyclic) bond motifs is 3. The molecule has 0 spiro atoms. The topological polar surface area (TPSA) is 72.9 Å². The Kier molecular flexibility index (Phi) is 7.61. The second-order valence-corrected chi connectivity index (χ2v) is 9.87. The number of thioether (sulfide) groups is 1. The van der Waals surface area contributed by atoms with E-state index in [0.717, 1.165) is 38.9 Å². The predicted octanol–water partition coefficient (Wildman–Crippen LogP) is 4.86. The van der Waals surface area contributed by atoms with Crippen molar-refractivity contribution in [2.75, 3.05) is 25.4 Å². The van der Waals surface area contributed by atoms with Crippen LogP contribution in [0.1, 0.15) is 44.7 Å². The first kappa shape index (κ1) is 23.9. The molecule has 3 rings (SSSR count). The highest BCUT2D eigenvalue weighted by Crippen LogP contribution is 2.44. The minimum atomic E-state index is -0.706. The first-order chi connectivity index (χ1) is 15.2. The lowest BCUT2D eigenvalue weighted by molar-refractivity contribution is -0.155. The molecule has 32 heavy (non-hydrogen) atoms. The van der Waals surface area contributed by atoms with E-state index in [0.29, 0.717) is 5.75 Å². The SMILES string of the molecule is CCSC(=O)CN(CC(=O)OC(C)(C)C)C(=O)OCC1c2ccccc2-c2ccccc21. The van der Waals surface area contributed by atoms with Crippen molar-refractivity contribution in [3.05, 3.63) is 59.7 Å². The van der Waals surface area contributed by atoms with E-state index in [2.05, 4.69) is 12.1 Å². The molecule has 0 aliphatic heterocycles. The van der Waals surface area contributed by atoms with E-state index >= 15 is 0 Å². The fourth-order valence-corrected chi connectivity index (χ4v) is 4.33. The lowest BCUT2D eigenvalue weighted by atomic mass is 9.98. The average Bonchev–Trinajstić information content (AvgIpc) is 3.04. The summed E-state index contributed by atoms with van der Waals surface area (Å²) in [7, 11) is 0. The Morgan fingerprint density at radius 1 is 0.938 bits per heavy atom. The first-order valence-corrected chi connectivity index (χ1v) is 11.7. The van der Waals surface area contributed by atoms with Crippen LogP contribution >= 0.6 is 11.8 Å². The van der Waals surface area contributed by atoms with Crippen LogP contribution in [-0.2, 0) is 19.1 Å². The first-order valence-electron chi connectivity index (χ1n) is 10.7. The van der Waals surface area contributed by atoms with Crippen LogP contribution in [0.25, 0.3) is 11.1 Å². The molecule has 1 aliphatic rings. The molecule has 0 radical (unpaired) electrons. The number of esters is 1. The van der Waals surface area contributed by atoms with Crippen molar-refractivity contribution in [2.24, 2.45) is 0 Å². The fraction of sp³-hybridized carbons (Fsp3) is 0.400. The van der Waals surface area contributed by atoms with Crippen LogP contribution in [0, 0.1) is 0 Å².